The quantitative estimate of drug-likeness (QED) is 0.777. The summed E-state index contributed by atoms with van der Waals surface area (Å²) in [5.41, 5.74) is 0.469. The van der Waals surface area contributed by atoms with Crippen molar-refractivity contribution >= 4 is 11.9 Å². The van der Waals surface area contributed by atoms with Crippen molar-refractivity contribution in [2.45, 2.75) is 37.6 Å². The van der Waals surface area contributed by atoms with Crippen LogP contribution in [0.15, 0.2) is 30.3 Å². The van der Waals surface area contributed by atoms with Gasteiger partial charge >= 0.3 is 11.9 Å². The summed E-state index contributed by atoms with van der Waals surface area (Å²) in [5.74, 6) is -1.05. The van der Waals surface area contributed by atoms with Crippen LogP contribution >= 0.6 is 0 Å². The lowest BCUT2D eigenvalue weighted by molar-refractivity contribution is -0.148. The topological polar surface area (TPSA) is 93.1 Å². The van der Waals surface area contributed by atoms with Crippen LogP contribution in [0, 0.1) is 23.7 Å². The number of rotatable bonds is 5. The smallest absolute Gasteiger partial charge is 0.338 e. The lowest BCUT2D eigenvalue weighted by atomic mass is 9.56. The SMILES string of the molecule is O=C(O[C@@H]1[C@@H]2CC[C@@H]3[C@@H]1OC(=O)[C@H]3[C@@H]2C[C@@H](O)CO)c1ccccc1. The molecule has 0 spiro atoms. The first-order valence-electron chi connectivity index (χ1n) is 8.85. The highest BCUT2D eigenvalue weighted by Crippen LogP contribution is 2.56. The van der Waals surface area contributed by atoms with Gasteiger partial charge in [-0.3, -0.25) is 4.79 Å². The molecule has 134 valence electrons. The van der Waals surface area contributed by atoms with E-state index in [1.165, 1.54) is 0 Å². The number of aliphatic hydroxyl groups is 2. The second-order valence-corrected chi connectivity index (χ2v) is 7.30. The summed E-state index contributed by atoms with van der Waals surface area (Å²) < 4.78 is 11.3. The Labute approximate surface area is 145 Å². The normalized spacial score (nSPS) is 36.8. The van der Waals surface area contributed by atoms with Crippen molar-refractivity contribution in [3.63, 3.8) is 0 Å². The van der Waals surface area contributed by atoms with Crippen LogP contribution in [0.2, 0.25) is 0 Å². The fraction of sp³-hybridized carbons (Fsp3) is 0.579. The third kappa shape index (κ3) is 2.73. The number of hydrogen-bond acceptors (Lipinski definition) is 6. The van der Waals surface area contributed by atoms with Crippen LogP contribution < -0.4 is 0 Å². The minimum absolute atomic E-state index is 0.0275. The summed E-state index contributed by atoms with van der Waals surface area (Å²) >= 11 is 0. The van der Waals surface area contributed by atoms with E-state index in [0.717, 1.165) is 12.8 Å². The molecule has 0 amide bonds. The molecule has 3 aliphatic carbocycles. The van der Waals surface area contributed by atoms with E-state index >= 15 is 0 Å². The van der Waals surface area contributed by atoms with Crippen LogP contribution in [0.5, 0.6) is 0 Å². The Morgan fingerprint density at radius 1 is 1.24 bits per heavy atom. The zero-order valence-electron chi connectivity index (χ0n) is 13.8. The molecule has 0 unspecified atom stereocenters. The Bertz CT molecular complexity index is 659. The second kappa shape index (κ2) is 6.42. The second-order valence-electron chi connectivity index (χ2n) is 7.30. The number of carbonyl (C=O) groups excluding carboxylic acids is 2. The maximum atomic E-state index is 12.5. The van der Waals surface area contributed by atoms with Gasteiger partial charge in [-0.25, -0.2) is 4.79 Å². The van der Waals surface area contributed by atoms with E-state index in [1.54, 1.807) is 24.3 Å². The molecule has 1 aromatic rings. The van der Waals surface area contributed by atoms with Gasteiger partial charge in [0.15, 0.2) is 0 Å². The number of ether oxygens (including phenoxy) is 2. The molecule has 3 saturated carbocycles. The molecule has 1 aromatic carbocycles. The minimum Gasteiger partial charge on any atom is -0.458 e. The zero-order chi connectivity index (χ0) is 17.6. The van der Waals surface area contributed by atoms with Crippen LogP contribution in [0.3, 0.4) is 0 Å². The summed E-state index contributed by atoms with van der Waals surface area (Å²) in [6.45, 7) is -0.340. The third-order valence-electron chi connectivity index (χ3n) is 6.01. The monoisotopic (exact) mass is 346 g/mol. The molecule has 4 aliphatic rings. The van der Waals surface area contributed by atoms with E-state index in [4.69, 9.17) is 9.47 Å². The van der Waals surface area contributed by atoms with Gasteiger partial charge in [-0.1, -0.05) is 18.2 Å². The molecule has 0 aromatic heterocycles. The lowest BCUT2D eigenvalue weighted by Crippen LogP contribution is -2.55. The van der Waals surface area contributed by atoms with Gasteiger partial charge < -0.3 is 19.7 Å². The predicted molar refractivity (Wildman–Crippen MR) is 86.4 cm³/mol. The molecular weight excluding hydrogens is 324 g/mol. The minimum atomic E-state index is -0.873. The molecule has 1 saturated heterocycles. The van der Waals surface area contributed by atoms with Crippen molar-refractivity contribution < 1.29 is 29.3 Å². The van der Waals surface area contributed by atoms with Crippen molar-refractivity contribution in [2.75, 3.05) is 6.61 Å². The van der Waals surface area contributed by atoms with Crippen LogP contribution in [0.1, 0.15) is 29.6 Å². The van der Waals surface area contributed by atoms with Crippen molar-refractivity contribution in [1.82, 2.24) is 0 Å². The first-order chi connectivity index (χ1) is 12.1. The number of benzene rings is 1. The van der Waals surface area contributed by atoms with Gasteiger partial charge in [0, 0.05) is 11.8 Å². The van der Waals surface area contributed by atoms with Gasteiger partial charge in [0.2, 0.25) is 0 Å². The zero-order valence-corrected chi connectivity index (χ0v) is 13.8. The highest BCUT2D eigenvalue weighted by atomic mass is 16.6. The van der Waals surface area contributed by atoms with Gasteiger partial charge in [-0.2, -0.15) is 0 Å². The van der Waals surface area contributed by atoms with Crippen LogP contribution in [-0.4, -0.2) is 47.1 Å². The lowest BCUT2D eigenvalue weighted by Gasteiger charge is -2.49. The summed E-state index contributed by atoms with van der Waals surface area (Å²) in [6.07, 6.45) is 0.294. The maximum absolute atomic E-state index is 12.5. The molecule has 6 heteroatoms. The molecule has 1 heterocycles. The van der Waals surface area contributed by atoms with E-state index in [0.29, 0.717) is 12.0 Å². The summed E-state index contributed by atoms with van der Waals surface area (Å²) in [7, 11) is 0. The molecule has 7 atom stereocenters. The summed E-state index contributed by atoms with van der Waals surface area (Å²) in [6, 6.07) is 8.76. The third-order valence-corrected chi connectivity index (χ3v) is 6.01. The van der Waals surface area contributed by atoms with Crippen molar-refractivity contribution in [1.29, 1.82) is 0 Å². The standard InChI is InChI=1S/C19H22O6/c20-9-11(21)8-14-12-6-7-13-15(14)19(23)25-17(13)16(12)24-18(22)10-4-2-1-3-5-10/h1-5,11-17,20-21H,6-9H2/t11-,12-,13+,14-,15-,16-,17+/m1/s1. The molecule has 4 fully saturated rings. The van der Waals surface area contributed by atoms with Crippen LogP contribution in [0.4, 0.5) is 0 Å². The van der Waals surface area contributed by atoms with E-state index < -0.39 is 18.2 Å². The molecule has 6 nitrogen and oxygen atoms in total. The van der Waals surface area contributed by atoms with Crippen LogP contribution in [0.25, 0.3) is 0 Å². The Balaban J connectivity index is 1.58. The van der Waals surface area contributed by atoms with E-state index in [2.05, 4.69) is 0 Å². The molecular formula is C19H22O6. The van der Waals surface area contributed by atoms with Crippen molar-refractivity contribution in [3.05, 3.63) is 35.9 Å². The summed E-state index contributed by atoms with van der Waals surface area (Å²) in [4.78, 5) is 24.8. The van der Waals surface area contributed by atoms with Gasteiger partial charge in [0.05, 0.1) is 24.2 Å². The Hall–Kier alpha value is -1.92. The fourth-order valence-electron chi connectivity index (χ4n) is 4.97. The highest BCUT2D eigenvalue weighted by molar-refractivity contribution is 5.89. The number of aliphatic hydroxyl groups excluding tert-OH is 2. The Morgan fingerprint density at radius 3 is 2.68 bits per heavy atom. The van der Waals surface area contributed by atoms with Crippen molar-refractivity contribution in [3.8, 4) is 0 Å². The van der Waals surface area contributed by atoms with E-state index in [9.17, 15) is 19.8 Å². The van der Waals surface area contributed by atoms with Crippen molar-refractivity contribution in [2.24, 2.45) is 23.7 Å². The predicted octanol–water partition coefficient (Wildman–Crippen LogP) is 1.15. The van der Waals surface area contributed by atoms with Gasteiger partial charge in [-0.15, -0.1) is 0 Å². The number of carbonyl (C=O) groups is 2. The number of esters is 2. The van der Waals surface area contributed by atoms with E-state index in [-0.39, 0.29) is 42.4 Å². The Morgan fingerprint density at radius 2 is 1.96 bits per heavy atom. The summed E-state index contributed by atoms with van der Waals surface area (Å²) in [5, 5.41) is 19.1. The average molecular weight is 346 g/mol. The Kier molecular flexibility index (Phi) is 4.25. The molecule has 25 heavy (non-hydrogen) atoms. The first-order valence-corrected chi connectivity index (χ1v) is 8.85. The first kappa shape index (κ1) is 16.5. The average Bonchev–Trinajstić information content (AvgIpc) is 2.94. The van der Waals surface area contributed by atoms with Gasteiger partial charge in [0.1, 0.15) is 12.2 Å². The van der Waals surface area contributed by atoms with E-state index in [1.807, 2.05) is 6.07 Å². The maximum Gasteiger partial charge on any atom is 0.338 e. The molecule has 5 rings (SSSR count). The molecule has 1 aliphatic heterocycles. The van der Waals surface area contributed by atoms with Crippen LogP contribution in [-0.2, 0) is 14.3 Å². The molecule has 4 bridgehead atoms. The molecule has 2 N–H and O–H groups in total. The fourth-order valence-corrected chi connectivity index (χ4v) is 4.97. The number of hydrogen-bond donors (Lipinski definition) is 2. The highest BCUT2D eigenvalue weighted by Gasteiger charge is 2.64. The molecule has 0 radical (unpaired) electrons. The largest absolute Gasteiger partial charge is 0.458 e. The van der Waals surface area contributed by atoms with Gasteiger partial charge in [0.25, 0.3) is 0 Å². The number of fused-ring (bicyclic) bond motifs is 1. The van der Waals surface area contributed by atoms with Gasteiger partial charge in [-0.05, 0) is 37.3 Å².